The summed E-state index contributed by atoms with van der Waals surface area (Å²) in [5.74, 6) is 0. The molecule has 1 aromatic carbocycles. The second-order valence-electron chi connectivity index (χ2n) is 5.54. The van der Waals surface area contributed by atoms with Crippen LogP contribution in [-0.2, 0) is 0 Å². The Morgan fingerprint density at radius 3 is 1.06 bits per heavy atom. The summed E-state index contributed by atoms with van der Waals surface area (Å²) in [4.78, 5) is 9.36. The van der Waals surface area contributed by atoms with Crippen LogP contribution in [0.3, 0.4) is 0 Å². The average molecular weight is 242 g/mol. The monoisotopic (exact) mass is 242 g/mol. The number of hydrogen-bond acceptors (Lipinski definition) is 4. The van der Waals surface area contributed by atoms with Crippen molar-refractivity contribution in [2.45, 2.75) is 13.6 Å². The third kappa shape index (κ3) is 1.23. The van der Waals surface area contributed by atoms with Gasteiger partial charge in [0, 0.05) is 0 Å². The first kappa shape index (κ1) is 11.6. The van der Waals surface area contributed by atoms with Crippen LogP contribution in [-0.4, -0.2) is 42.2 Å². The van der Waals surface area contributed by atoms with Crippen molar-refractivity contribution in [3.05, 3.63) is 12.1 Å². The predicted molar refractivity (Wildman–Crippen MR) is 83.3 cm³/mol. The number of fused-ring (bicyclic) bond motifs is 2. The molecule has 0 bridgehead atoms. The van der Waals surface area contributed by atoms with E-state index in [1.54, 1.807) is 0 Å². The van der Waals surface area contributed by atoms with Crippen molar-refractivity contribution in [2.24, 2.45) is 0 Å². The maximum absolute atomic E-state index is 2.34. The molecule has 18 heavy (non-hydrogen) atoms. The molecule has 0 atom stereocenters. The normalized spacial score (nSPS) is 17.9. The van der Waals surface area contributed by atoms with Gasteiger partial charge in [0.05, 0.1) is 22.7 Å². The number of anilines is 4. The van der Waals surface area contributed by atoms with Crippen LogP contribution < -0.4 is 19.2 Å². The van der Waals surface area contributed by atoms with Crippen molar-refractivity contribution < 1.29 is 0 Å². The minimum absolute atomic E-state index is 0.426. The minimum Gasteiger partial charge on any atom is -0.397 e. The van der Waals surface area contributed by atoms with Gasteiger partial charge < -0.3 is 19.2 Å². The lowest BCUT2D eigenvalue weighted by molar-refractivity contribution is 1.28. The van der Waals surface area contributed by atoms with E-state index in [0.29, 0.717) is 14.0 Å². The number of hydrogen-bond donors (Lipinski definition) is 0. The van der Waals surface area contributed by atoms with Crippen molar-refractivity contribution in [2.75, 3.05) is 47.4 Å². The second kappa shape index (κ2) is 3.53. The number of benzene rings is 1. The topological polar surface area (TPSA) is 13.0 Å². The third-order valence-corrected chi connectivity index (χ3v) is 4.83. The van der Waals surface area contributed by atoms with Crippen molar-refractivity contribution in [3.63, 3.8) is 0 Å². The van der Waals surface area contributed by atoms with E-state index < -0.39 is 0 Å². The molecule has 2 aliphatic rings. The number of rotatable bonds is 0. The van der Waals surface area contributed by atoms with Gasteiger partial charge in [0.25, 0.3) is 0 Å². The molecule has 0 unspecified atom stereocenters. The molecule has 2 heterocycles. The van der Waals surface area contributed by atoms with Gasteiger partial charge in [-0.05, 0) is 54.0 Å². The van der Waals surface area contributed by atoms with Crippen molar-refractivity contribution >= 4 is 36.7 Å². The molecule has 0 saturated carbocycles. The Kier molecular flexibility index (Phi) is 2.28. The van der Waals surface area contributed by atoms with E-state index in [9.17, 15) is 0 Å². The summed E-state index contributed by atoms with van der Waals surface area (Å²) in [5, 5.41) is 0. The first-order valence-corrected chi connectivity index (χ1v) is 6.53. The Morgan fingerprint density at radius 1 is 0.611 bits per heavy atom. The van der Waals surface area contributed by atoms with Crippen molar-refractivity contribution in [3.8, 4) is 0 Å². The summed E-state index contributed by atoms with van der Waals surface area (Å²) in [7, 11) is 8.67. The molecule has 0 spiro atoms. The average Bonchev–Trinajstić information content (AvgIpc) is 2.71. The molecule has 0 aliphatic carbocycles. The lowest BCUT2D eigenvalue weighted by Crippen LogP contribution is -2.42. The quantitative estimate of drug-likeness (QED) is 0.641. The summed E-state index contributed by atoms with van der Waals surface area (Å²) in [6, 6.07) is 4.65. The molecule has 4 nitrogen and oxygen atoms in total. The van der Waals surface area contributed by atoms with Gasteiger partial charge in [-0.3, -0.25) is 0 Å². The summed E-state index contributed by atoms with van der Waals surface area (Å²) in [6.45, 7) is 5.33. The van der Waals surface area contributed by atoms with Crippen molar-refractivity contribution in [1.82, 2.24) is 0 Å². The van der Waals surface area contributed by atoms with Crippen LogP contribution in [0.5, 0.6) is 0 Å². The van der Waals surface area contributed by atoms with Gasteiger partial charge in [-0.1, -0.05) is 0 Å². The number of nitrogens with zero attached hydrogens (tertiary/aromatic N) is 4. The van der Waals surface area contributed by atoms with Gasteiger partial charge in [0.1, 0.15) is 0 Å². The molecule has 2 aliphatic heterocycles. The molecule has 0 saturated heterocycles. The van der Waals surface area contributed by atoms with Crippen LogP contribution in [0.25, 0.3) is 0 Å². The van der Waals surface area contributed by atoms with Gasteiger partial charge in [0.15, 0.2) is 0 Å². The molecule has 3 rings (SSSR count). The highest BCUT2D eigenvalue weighted by molar-refractivity contribution is 6.70. The van der Waals surface area contributed by atoms with E-state index in [0.717, 1.165) is 0 Å². The Labute approximate surface area is 110 Å². The molecular formula is C12H20B2N4. The van der Waals surface area contributed by atoms with Crippen molar-refractivity contribution in [1.29, 1.82) is 0 Å². The summed E-state index contributed by atoms with van der Waals surface area (Å²) >= 11 is 0. The molecule has 0 N–H and O–H groups in total. The maximum Gasteiger partial charge on any atom is 0.371 e. The lowest BCUT2D eigenvalue weighted by atomic mass is 9.77. The van der Waals surface area contributed by atoms with E-state index in [-0.39, 0.29) is 0 Å². The lowest BCUT2D eigenvalue weighted by Gasteiger charge is -2.20. The fraction of sp³-hybridized carbons (Fsp3) is 0.500. The van der Waals surface area contributed by atoms with Gasteiger partial charge >= 0.3 is 14.0 Å². The zero-order valence-electron chi connectivity index (χ0n) is 12.1. The fourth-order valence-electron chi connectivity index (χ4n) is 3.01. The predicted octanol–water partition coefficient (Wildman–Crippen LogP) is 1.69. The summed E-state index contributed by atoms with van der Waals surface area (Å²) < 4.78 is 0. The summed E-state index contributed by atoms with van der Waals surface area (Å²) in [6.07, 6.45) is 0. The highest BCUT2D eigenvalue weighted by Gasteiger charge is 2.38. The Bertz CT molecular complexity index is 423. The van der Waals surface area contributed by atoms with E-state index in [2.05, 4.69) is 73.2 Å². The van der Waals surface area contributed by atoms with Gasteiger partial charge in [-0.2, -0.15) is 0 Å². The van der Waals surface area contributed by atoms with Gasteiger partial charge in [-0.15, -0.1) is 0 Å². The molecule has 1 aromatic rings. The Morgan fingerprint density at radius 2 is 0.833 bits per heavy atom. The van der Waals surface area contributed by atoms with E-state index in [4.69, 9.17) is 0 Å². The highest BCUT2D eigenvalue weighted by atomic mass is 15.3. The fourth-order valence-corrected chi connectivity index (χ4v) is 3.01. The molecule has 6 heteroatoms. The van der Waals surface area contributed by atoms with Crippen LogP contribution >= 0.6 is 0 Å². The zero-order chi connectivity index (χ0) is 13.2. The Balaban J connectivity index is 2.17. The molecule has 0 fully saturated rings. The Hall–Kier alpha value is -1.45. The summed E-state index contributed by atoms with van der Waals surface area (Å²) in [5.41, 5.74) is 5.33. The van der Waals surface area contributed by atoms with Crippen LogP contribution in [0.4, 0.5) is 22.7 Å². The molecule has 0 radical (unpaired) electrons. The minimum atomic E-state index is 0.426. The highest BCUT2D eigenvalue weighted by Crippen LogP contribution is 2.46. The largest absolute Gasteiger partial charge is 0.397 e. The van der Waals surface area contributed by atoms with Gasteiger partial charge in [-0.25, -0.2) is 0 Å². The second-order valence-corrected chi connectivity index (χ2v) is 5.54. The molecule has 0 amide bonds. The van der Waals surface area contributed by atoms with E-state index in [1.807, 2.05) is 0 Å². The molecule has 94 valence electrons. The van der Waals surface area contributed by atoms with E-state index in [1.165, 1.54) is 22.7 Å². The van der Waals surface area contributed by atoms with Gasteiger partial charge in [0.2, 0.25) is 0 Å². The molecular weight excluding hydrogens is 222 g/mol. The zero-order valence-corrected chi connectivity index (χ0v) is 12.1. The molecule has 0 aromatic heterocycles. The third-order valence-electron chi connectivity index (χ3n) is 4.83. The van der Waals surface area contributed by atoms with Crippen LogP contribution in [0.15, 0.2) is 12.1 Å². The van der Waals surface area contributed by atoms with Crippen LogP contribution in [0.2, 0.25) is 13.6 Å². The van der Waals surface area contributed by atoms with E-state index >= 15 is 0 Å². The first-order chi connectivity index (χ1) is 8.43. The standard InChI is InChI=1S/C12H20B2N4/c1-13-15(3)9-7-11-12(8-10(9)16(13)4)18(6)14(2)17(11)5/h7-8H,1-6H3. The van der Waals surface area contributed by atoms with Crippen LogP contribution in [0.1, 0.15) is 0 Å². The maximum atomic E-state index is 2.34. The smallest absolute Gasteiger partial charge is 0.371 e. The first-order valence-electron chi connectivity index (χ1n) is 6.53. The SMILES string of the molecule is CB1N(C)c2cc3c(cc2N1C)N(C)B(C)N3C. The van der Waals surface area contributed by atoms with Crippen LogP contribution in [0, 0.1) is 0 Å².